The molecule has 2 aromatic rings. The normalized spacial score (nSPS) is 13.0. The first kappa shape index (κ1) is 31.1. The maximum Gasteiger partial charge on any atom is 0.490 e. The Morgan fingerprint density at radius 1 is 0.946 bits per heavy atom. The fourth-order valence-electron chi connectivity index (χ4n) is 2.84. The highest BCUT2D eigenvalue weighted by atomic mass is 19.4. The van der Waals surface area contributed by atoms with Crippen molar-refractivity contribution in [3.05, 3.63) is 47.7 Å². The molecule has 16 heteroatoms. The number of fused-ring (bicyclic) bond motifs is 1. The van der Waals surface area contributed by atoms with Gasteiger partial charge < -0.3 is 20.0 Å². The van der Waals surface area contributed by atoms with E-state index in [4.69, 9.17) is 19.8 Å². The topological polar surface area (TPSA) is 137 Å². The number of aromatic nitrogens is 3. The molecule has 3 rings (SSSR count). The minimum atomic E-state index is -5.08. The van der Waals surface area contributed by atoms with Gasteiger partial charge in [-0.3, -0.25) is 9.78 Å². The molecule has 0 fully saturated rings. The van der Waals surface area contributed by atoms with Crippen molar-refractivity contribution in [3.8, 4) is 0 Å². The predicted molar refractivity (Wildman–Crippen MR) is 116 cm³/mol. The van der Waals surface area contributed by atoms with Crippen molar-refractivity contribution in [2.75, 3.05) is 31.6 Å². The maximum absolute atomic E-state index is 12.6. The van der Waals surface area contributed by atoms with Gasteiger partial charge in [-0.25, -0.2) is 19.6 Å². The third kappa shape index (κ3) is 9.89. The number of carboxylic acids is 2. The summed E-state index contributed by atoms with van der Waals surface area (Å²) in [5, 5.41) is 14.2. The highest BCUT2D eigenvalue weighted by molar-refractivity contribution is 5.92. The number of hydrogen-bond acceptors (Lipinski definition) is 7. The Morgan fingerprint density at radius 3 is 1.95 bits per heavy atom. The molecule has 2 aromatic heterocycles. The van der Waals surface area contributed by atoms with E-state index in [0.717, 1.165) is 36.5 Å². The lowest BCUT2D eigenvalue weighted by molar-refractivity contribution is -0.193. The van der Waals surface area contributed by atoms with Gasteiger partial charge in [-0.2, -0.15) is 26.3 Å². The van der Waals surface area contributed by atoms with E-state index >= 15 is 0 Å². The Morgan fingerprint density at radius 2 is 1.49 bits per heavy atom. The van der Waals surface area contributed by atoms with Crippen LogP contribution >= 0.6 is 0 Å². The number of carbonyl (C=O) groups is 3. The van der Waals surface area contributed by atoms with Gasteiger partial charge in [0.2, 0.25) is 0 Å². The number of alkyl halides is 6. The highest BCUT2D eigenvalue weighted by Gasteiger charge is 2.38. The molecule has 1 aliphatic heterocycles. The van der Waals surface area contributed by atoms with Crippen LogP contribution in [0.5, 0.6) is 0 Å². The minimum Gasteiger partial charge on any atom is -0.475 e. The Hall–Kier alpha value is -3.98. The van der Waals surface area contributed by atoms with Crippen molar-refractivity contribution in [2.24, 2.45) is 0 Å². The summed E-state index contributed by atoms with van der Waals surface area (Å²) in [6, 6.07) is 5.42. The Balaban J connectivity index is 0.000000404. The molecule has 0 saturated carbocycles. The molecule has 0 bridgehead atoms. The Kier molecular flexibility index (Phi) is 11.2. The molecule has 37 heavy (non-hydrogen) atoms. The fraction of sp³-hybridized carbons (Fsp3) is 0.429. The smallest absolute Gasteiger partial charge is 0.475 e. The van der Waals surface area contributed by atoms with Crippen LogP contribution in [0.4, 0.5) is 32.2 Å². The molecule has 0 aromatic carbocycles. The Labute approximate surface area is 206 Å². The van der Waals surface area contributed by atoms with Gasteiger partial charge in [0.15, 0.2) is 0 Å². The molecule has 1 aliphatic rings. The van der Waals surface area contributed by atoms with Crippen LogP contribution in [0.3, 0.4) is 0 Å². The highest BCUT2D eigenvalue weighted by Crippen LogP contribution is 2.23. The van der Waals surface area contributed by atoms with Crippen molar-refractivity contribution in [1.82, 2.24) is 19.9 Å². The average Bonchev–Trinajstić information content (AvgIpc) is 3.06. The molecular formula is C21H23F6N5O5. The first-order valence-corrected chi connectivity index (χ1v) is 10.4. The van der Waals surface area contributed by atoms with Gasteiger partial charge in [0.1, 0.15) is 17.8 Å². The SMILES string of the molecule is CCN(C)c1ncnc2c1CCN(C(=O)c1ccccn1)CC2.O=C(O)C(F)(F)F.O=C(O)C(F)(F)F. The lowest BCUT2D eigenvalue weighted by atomic mass is 10.1. The van der Waals surface area contributed by atoms with Gasteiger partial charge in [-0.15, -0.1) is 0 Å². The largest absolute Gasteiger partial charge is 0.490 e. The van der Waals surface area contributed by atoms with Crippen molar-refractivity contribution in [1.29, 1.82) is 0 Å². The third-order valence-corrected chi connectivity index (χ3v) is 4.75. The zero-order chi connectivity index (χ0) is 28.4. The lowest BCUT2D eigenvalue weighted by Crippen LogP contribution is -2.33. The van der Waals surface area contributed by atoms with Crippen molar-refractivity contribution < 1.29 is 50.9 Å². The second-order valence-corrected chi connectivity index (χ2v) is 7.25. The van der Waals surface area contributed by atoms with Crippen LogP contribution in [0.2, 0.25) is 0 Å². The van der Waals surface area contributed by atoms with E-state index in [-0.39, 0.29) is 5.91 Å². The van der Waals surface area contributed by atoms with Gasteiger partial charge in [0.25, 0.3) is 5.91 Å². The van der Waals surface area contributed by atoms with Crippen LogP contribution in [0.25, 0.3) is 0 Å². The van der Waals surface area contributed by atoms with E-state index in [1.165, 1.54) is 0 Å². The zero-order valence-electron chi connectivity index (χ0n) is 19.5. The number of rotatable bonds is 3. The molecule has 3 heterocycles. The van der Waals surface area contributed by atoms with E-state index in [9.17, 15) is 31.1 Å². The number of aliphatic carboxylic acids is 2. The number of carbonyl (C=O) groups excluding carboxylic acids is 1. The van der Waals surface area contributed by atoms with Gasteiger partial charge in [0.05, 0.1) is 5.69 Å². The van der Waals surface area contributed by atoms with Crippen molar-refractivity contribution in [2.45, 2.75) is 32.1 Å². The summed E-state index contributed by atoms with van der Waals surface area (Å²) in [6.45, 7) is 4.32. The van der Waals surface area contributed by atoms with Crippen LogP contribution in [0, 0.1) is 0 Å². The fourth-order valence-corrected chi connectivity index (χ4v) is 2.84. The van der Waals surface area contributed by atoms with E-state index in [1.54, 1.807) is 18.6 Å². The second kappa shape index (κ2) is 13.4. The molecule has 0 aliphatic carbocycles. The number of halogens is 6. The molecule has 10 nitrogen and oxygen atoms in total. The van der Waals surface area contributed by atoms with Crippen LogP contribution in [0.15, 0.2) is 30.7 Å². The number of hydrogen-bond donors (Lipinski definition) is 2. The van der Waals surface area contributed by atoms with E-state index in [1.807, 2.05) is 24.1 Å². The third-order valence-electron chi connectivity index (χ3n) is 4.75. The standard InChI is InChI=1S/C17H21N5O.2C2HF3O2/c1-3-21(2)16-13-7-10-22(11-8-14(13)19-12-20-16)17(23)15-6-4-5-9-18-15;2*3-2(4,5)1(6)7/h4-6,9,12H,3,7-8,10-11H2,1-2H3;2*(H,6,7). The molecule has 2 N–H and O–H groups in total. The first-order valence-electron chi connectivity index (χ1n) is 10.4. The summed E-state index contributed by atoms with van der Waals surface area (Å²) in [5.41, 5.74) is 2.70. The summed E-state index contributed by atoms with van der Waals surface area (Å²) >= 11 is 0. The summed E-state index contributed by atoms with van der Waals surface area (Å²) in [5.74, 6) is -4.55. The molecular weight excluding hydrogens is 516 g/mol. The number of pyridine rings is 1. The van der Waals surface area contributed by atoms with Gasteiger partial charge >= 0.3 is 24.3 Å². The summed E-state index contributed by atoms with van der Waals surface area (Å²) in [4.78, 5) is 47.4. The second-order valence-electron chi connectivity index (χ2n) is 7.25. The van der Waals surface area contributed by atoms with Crippen molar-refractivity contribution in [3.63, 3.8) is 0 Å². The van der Waals surface area contributed by atoms with Crippen LogP contribution in [-0.4, -0.2) is 86.9 Å². The average molecular weight is 539 g/mol. The molecule has 1 amide bonds. The van der Waals surface area contributed by atoms with Crippen LogP contribution < -0.4 is 4.90 Å². The molecule has 0 spiro atoms. The number of carboxylic acid groups (broad SMARTS) is 2. The van der Waals surface area contributed by atoms with Crippen LogP contribution in [-0.2, 0) is 22.4 Å². The van der Waals surface area contributed by atoms with Crippen molar-refractivity contribution >= 4 is 23.7 Å². The van der Waals surface area contributed by atoms with Crippen LogP contribution in [0.1, 0.15) is 28.7 Å². The van der Waals surface area contributed by atoms with E-state index < -0.39 is 24.3 Å². The predicted octanol–water partition coefficient (Wildman–Crippen LogP) is 2.84. The number of nitrogens with zero attached hydrogens (tertiary/aromatic N) is 5. The number of amides is 1. The van der Waals surface area contributed by atoms with Gasteiger partial charge in [0, 0.05) is 44.9 Å². The summed E-state index contributed by atoms with van der Waals surface area (Å²) < 4.78 is 63.5. The minimum absolute atomic E-state index is 0.0169. The summed E-state index contributed by atoms with van der Waals surface area (Å²) in [6.07, 6.45) is -5.37. The molecule has 0 radical (unpaired) electrons. The summed E-state index contributed by atoms with van der Waals surface area (Å²) in [7, 11) is 2.03. The Bertz CT molecular complexity index is 1040. The molecule has 0 saturated heterocycles. The monoisotopic (exact) mass is 539 g/mol. The molecule has 0 unspecified atom stereocenters. The first-order chi connectivity index (χ1) is 17.1. The zero-order valence-corrected chi connectivity index (χ0v) is 19.5. The molecule has 0 atom stereocenters. The van der Waals surface area contributed by atoms with Gasteiger partial charge in [-0.05, 0) is 25.5 Å². The molecule has 204 valence electrons. The lowest BCUT2D eigenvalue weighted by Gasteiger charge is -2.20. The van der Waals surface area contributed by atoms with E-state index in [2.05, 4.69) is 26.8 Å². The quantitative estimate of drug-likeness (QED) is 0.564. The van der Waals surface area contributed by atoms with Gasteiger partial charge in [-0.1, -0.05) is 6.07 Å². The number of anilines is 1. The van der Waals surface area contributed by atoms with E-state index in [0.29, 0.717) is 18.8 Å². The maximum atomic E-state index is 12.6.